The molecule has 0 aromatic heterocycles. The SMILES string of the molecule is CC(=O)Nc1ccc(OS(=O)(=O)c2cc3c(cc2Cl)NC(=O)CO3)cc1. The summed E-state index contributed by atoms with van der Waals surface area (Å²) in [5, 5.41) is 4.97. The maximum absolute atomic E-state index is 12.5. The van der Waals surface area contributed by atoms with Gasteiger partial charge in [-0.05, 0) is 30.3 Å². The third-order valence-electron chi connectivity index (χ3n) is 3.32. The van der Waals surface area contributed by atoms with Crippen molar-refractivity contribution in [2.75, 3.05) is 17.2 Å². The molecular weight excluding hydrogens is 384 g/mol. The fraction of sp³-hybridized carbons (Fsp3) is 0.125. The van der Waals surface area contributed by atoms with Crippen molar-refractivity contribution in [2.45, 2.75) is 11.8 Å². The Morgan fingerprint density at radius 2 is 1.96 bits per heavy atom. The van der Waals surface area contributed by atoms with Gasteiger partial charge in [-0.2, -0.15) is 8.42 Å². The van der Waals surface area contributed by atoms with E-state index < -0.39 is 10.1 Å². The minimum atomic E-state index is -4.24. The summed E-state index contributed by atoms with van der Waals surface area (Å²) >= 11 is 6.03. The van der Waals surface area contributed by atoms with Gasteiger partial charge in [0.1, 0.15) is 16.4 Å². The first-order valence-corrected chi connectivity index (χ1v) is 9.11. The van der Waals surface area contributed by atoms with E-state index in [0.29, 0.717) is 5.69 Å². The number of ether oxygens (including phenoxy) is 1. The van der Waals surface area contributed by atoms with Crippen molar-refractivity contribution in [1.29, 1.82) is 0 Å². The van der Waals surface area contributed by atoms with Crippen LogP contribution in [0.25, 0.3) is 0 Å². The molecule has 1 heterocycles. The zero-order valence-electron chi connectivity index (χ0n) is 13.4. The van der Waals surface area contributed by atoms with Crippen molar-refractivity contribution in [3.05, 3.63) is 41.4 Å². The Kier molecular flexibility index (Phi) is 4.75. The van der Waals surface area contributed by atoms with Gasteiger partial charge in [0.05, 0.1) is 10.7 Å². The molecule has 0 aliphatic carbocycles. The van der Waals surface area contributed by atoms with Crippen LogP contribution in [0.15, 0.2) is 41.3 Å². The first kappa shape index (κ1) is 18.0. The topological polar surface area (TPSA) is 111 Å². The van der Waals surface area contributed by atoms with E-state index in [4.69, 9.17) is 20.5 Å². The minimum absolute atomic E-state index is 0.0436. The van der Waals surface area contributed by atoms with Gasteiger partial charge in [-0.1, -0.05) is 11.6 Å². The van der Waals surface area contributed by atoms with Gasteiger partial charge in [0, 0.05) is 18.7 Å². The molecule has 26 heavy (non-hydrogen) atoms. The highest BCUT2D eigenvalue weighted by molar-refractivity contribution is 7.87. The second-order valence-electron chi connectivity index (χ2n) is 5.36. The first-order valence-electron chi connectivity index (χ1n) is 7.33. The minimum Gasteiger partial charge on any atom is -0.482 e. The summed E-state index contributed by atoms with van der Waals surface area (Å²) in [6.45, 7) is 1.14. The summed E-state index contributed by atoms with van der Waals surface area (Å²) in [5.41, 5.74) is 0.781. The lowest BCUT2D eigenvalue weighted by Gasteiger charge is -2.19. The predicted molar refractivity (Wildman–Crippen MR) is 94.1 cm³/mol. The van der Waals surface area contributed by atoms with E-state index in [1.54, 1.807) is 0 Å². The Bertz CT molecular complexity index is 989. The maximum Gasteiger partial charge on any atom is 0.340 e. The lowest BCUT2D eigenvalue weighted by Crippen LogP contribution is -2.25. The number of amides is 2. The molecule has 0 saturated carbocycles. The molecule has 1 aliphatic rings. The van der Waals surface area contributed by atoms with Crippen LogP contribution in [0, 0.1) is 0 Å². The molecule has 1 aliphatic heterocycles. The fourth-order valence-electron chi connectivity index (χ4n) is 2.24. The molecule has 3 rings (SSSR count). The highest BCUT2D eigenvalue weighted by atomic mass is 35.5. The third-order valence-corrected chi connectivity index (χ3v) is 5.03. The number of halogens is 1. The van der Waals surface area contributed by atoms with Gasteiger partial charge in [-0.3, -0.25) is 9.59 Å². The van der Waals surface area contributed by atoms with E-state index >= 15 is 0 Å². The molecule has 2 aromatic carbocycles. The predicted octanol–water partition coefficient (Wildman–Crippen LogP) is 2.40. The molecule has 0 atom stereocenters. The quantitative estimate of drug-likeness (QED) is 0.768. The van der Waals surface area contributed by atoms with E-state index in [1.807, 2.05) is 0 Å². The Morgan fingerprint density at radius 1 is 1.27 bits per heavy atom. The summed E-state index contributed by atoms with van der Waals surface area (Å²) in [5.74, 6) is -0.391. The number of anilines is 2. The van der Waals surface area contributed by atoms with Crippen molar-refractivity contribution in [2.24, 2.45) is 0 Å². The molecule has 2 N–H and O–H groups in total. The number of carbonyl (C=O) groups excluding carboxylic acids is 2. The van der Waals surface area contributed by atoms with Crippen LogP contribution in [0.4, 0.5) is 11.4 Å². The summed E-state index contributed by atoms with van der Waals surface area (Å²) in [6.07, 6.45) is 0. The molecule has 0 fully saturated rings. The van der Waals surface area contributed by atoms with Gasteiger partial charge >= 0.3 is 10.1 Å². The third kappa shape index (κ3) is 3.89. The number of hydrogen-bond acceptors (Lipinski definition) is 6. The lowest BCUT2D eigenvalue weighted by atomic mass is 10.2. The Balaban J connectivity index is 1.86. The molecule has 2 aromatic rings. The largest absolute Gasteiger partial charge is 0.482 e. The summed E-state index contributed by atoms with van der Waals surface area (Å²) in [7, 11) is -4.24. The molecule has 136 valence electrons. The summed E-state index contributed by atoms with van der Waals surface area (Å²) in [6, 6.07) is 8.26. The lowest BCUT2D eigenvalue weighted by molar-refractivity contribution is -0.118. The Morgan fingerprint density at radius 3 is 2.62 bits per heavy atom. The number of benzene rings is 2. The van der Waals surface area contributed by atoms with Crippen LogP contribution in [0.2, 0.25) is 5.02 Å². The molecule has 2 amide bonds. The number of carbonyl (C=O) groups is 2. The summed E-state index contributed by atoms with van der Waals surface area (Å²) < 4.78 is 35.3. The van der Waals surface area contributed by atoms with Crippen LogP contribution in [0.3, 0.4) is 0 Å². The van der Waals surface area contributed by atoms with Crippen molar-refractivity contribution < 1.29 is 26.9 Å². The summed E-state index contributed by atoms with van der Waals surface area (Å²) in [4.78, 5) is 22.0. The normalized spacial score (nSPS) is 13.2. The van der Waals surface area contributed by atoms with E-state index in [-0.39, 0.29) is 45.5 Å². The van der Waals surface area contributed by atoms with E-state index in [2.05, 4.69) is 10.6 Å². The monoisotopic (exact) mass is 396 g/mol. The average Bonchev–Trinajstić information content (AvgIpc) is 2.55. The van der Waals surface area contributed by atoms with Gasteiger partial charge in [0.25, 0.3) is 5.91 Å². The van der Waals surface area contributed by atoms with Crippen LogP contribution in [-0.4, -0.2) is 26.8 Å². The van der Waals surface area contributed by atoms with Crippen molar-refractivity contribution in [3.8, 4) is 11.5 Å². The number of nitrogens with one attached hydrogen (secondary N) is 2. The smallest absolute Gasteiger partial charge is 0.340 e. The second kappa shape index (κ2) is 6.85. The van der Waals surface area contributed by atoms with Gasteiger partial charge in [-0.15, -0.1) is 0 Å². The fourth-order valence-corrected chi connectivity index (χ4v) is 3.69. The zero-order valence-corrected chi connectivity index (χ0v) is 15.0. The first-order chi connectivity index (χ1) is 12.2. The molecule has 0 saturated heterocycles. The van der Waals surface area contributed by atoms with E-state index in [0.717, 1.165) is 0 Å². The van der Waals surface area contributed by atoms with E-state index in [9.17, 15) is 18.0 Å². The zero-order chi connectivity index (χ0) is 18.9. The number of rotatable bonds is 4. The van der Waals surface area contributed by atoms with Crippen molar-refractivity contribution in [3.63, 3.8) is 0 Å². The average molecular weight is 397 g/mol. The van der Waals surface area contributed by atoms with Crippen molar-refractivity contribution >= 4 is 44.9 Å². The Labute approximate surface area is 154 Å². The van der Waals surface area contributed by atoms with Crippen LogP contribution in [0.1, 0.15) is 6.92 Å². The molecule has 0 bridgehead atoms. The van der Waals surface area contributed by atoms with Gasteiger partial charge in [-0.25, -0.2) is 0 Å². The standard InChI is InChI=1S/C16H13ClN2O6S/c1-9(20)18-10-2-4-11(5-3-10)25-26(22,23)15-7-14-13(6-12(15)17)19-16(21)8-24-14/h2-7H,8H2,1H3,(H,18,20)(H,19,21). The van der Waals surface area contributed by atoms with Crippen LogP contribution >= 0.6 is 11.6 Å². The molecule has 10 heteroatoms. The van der Waals surface area contributed by atoms with Gasteiger partial charge < -0.3 is 19.6 Å². The molecule has 0 unspecified atom stereocenters. The molecule has 8 nitrogen and oxygen atoms in total. The van der Waals surface area contributed by atoms with Crippen LogP contribution < -0.4 is 19.6 Å². The van der Waals surface area contributed by atoms with Crippen LogP contribution in [-0.2, 0) is 19.7 Å². The maximum atomic E-state index is 12.5. The van der Waals surface area contributed by atoms with Crippen molar-refractivity contribution in [1.82, 2.24) is 0 Å². The second-order valence-corrected chi connectivity index (χ2v) is 7.28. The number of hydrogen-bond donors (Lipinski definition) is 2. The Hall–Kier alpha value is -2.78. The molecular formula is C16H13ClN2O6S. The van der Waals surface area contributed by atoms with Gasteiger partial charge in [0.2, 0.25) is 5.91 Å². The van der Waals surface area contributed by atoms with Crippen LogP contribution in [0.5, 0.6) is 11.5 Å². The van der Waals surface area contributed by atoms with Gasteiger partial charge in [0.15, 0.2) is 6.61 Å². The van der Waals surface area contributed by atoms with E-state index in [1.165, 1.54) is 43.3 Å². The molecule has 0 spiro atoms. The number of fused-ring (bicyclic) bond motifs is 1. The molecule has 0 radical (unpaired) electrons. The highest BCUT2D eigenvalue weighted by Crippen LogP contribution is 2.36. The highest BCUT2D eigenvalue weighted by Gasteiger charge is 2.26.